The minimum atomic E-state index is -0.349. The number of carbonyl (C=O) groups excluding carboxylic acids is 1. The van der Waals surface area contributed by atoms with Crippen LogP contribution in [0.4, 0.5) is 0 Å². The maximum absolute atomic E-state index is 11.7. The molecule has 0 aliphatic heterocycles. The summed E-state index contributed by atoms with van der Waals surface area (Å²) in [7, 11) is 0. The van der Waals surface area contributed by atoms with Gasteiger partial charge in [0, 0.05) is 6.54 Å². The van der Waals surface area contributed by atoms with Gasteiger partial charge in [-0.3, -0.25) is 4.79 Å². The Morgan fingerprint density at radius 3 is 2.93 bits per heavy atom. The van der Waals surface area contributed by atoms with E-state index in [0.717, 1.165) is 12.8 Å². The van der Waals surface area contributed by atoms with Crippen LogP contribution in [-0.2, 0) is 0 Å². The van der Waals surface area contributed by atoms with Crippen molar-refractivity contribution in [2.24, 2.45) is 11.7 Å². The van der Waals surface area contributed by atoms with E-state index in [2.05, 4.69) is 25.9 Å². The lowest BCUT2D eigenvalue weighted by molar-refractivity contribution is 0.0887. The molecule has 0 aromatic carbocycles. The second kappa shape index (κ2) is 3.58. The number of hydrogen-bond donors (Lipinski definition) is 3. The molecule has 0 radical (unpaired) electrons. The first kappa shape index (κ1) is 10.0. The zero-order chi connectivity index (χ0) is 10.9. The summed E-state index contributed by atoms with van der Waals surface area (Å²) in [5.74, 6) is 0.192. The first-order valence-corrected chi connectivity index (χ1v) is 4.92. The second-order valence-electron chi connectivity index (χ2n) is 4.09. The maximum Gasteiger partial charge on any atom is 0.293 e. The SMILES string of the molecule is CC(CN)(NC(=O)c1nn[nH]n1)C1CC1. The molecule has 0 spiro atoms. The van der Waals surface area contributed by atoms with Crippen molar-refractivity contribution in [3.8, 4) is 0 Å². The Kier molecular flexibility index (Phi) is 2.39. The van der Waals surface area contributed by atoms with Crippen LogP contribution >= 0.6 is 0 Å². The third-order valence-electron chi connectivity index (χ3n) is 2.85. The molecular formula is C8H14N6O. The molecule has 4 N–H and O–H groups in total. The fourth-order valence-electron chi connectivity index (χ4n) is 1.61. The molecule has 1 unspecified atom stereocenters. The van der Waals surface area contributed by atoms with Gasteiger partial charge >= 0.3 is 0 Å². The molecule has 1 aromatic heterocycles. The molecule has 7 heteroatoms. The molecule has 1 saturated carbocycles. The Morgan fingerprint density at radius 2 is 2.47 bits per heavy atom. The Morgan fingerprint density at radius 1 is 1.73 bits per heavy atom. The summed E-state index contributed by atoms with van der Waals surface area (Å²) in [6.07, 6.45) is 2.22. The molecule has 82 valence electrons. The average Bonchev–Trinajstić information content (AvgIpc) is 2.94. The van der Waals surface area contributed by atoms with Crippen molar-refractivity contribution in [2.45, 2.75) is 25.3 Å². The third-order valence-corrected chi connectivity index (χ3v) is 2.85. The largest absolute Gasteiger partial charge is 0.342 e. The van der Waals surface area contributed by atoms with E-state index in [9.17, 15) is 4.79 Å². The Hall–Kier alpha value is -1.50. The second-order valence-corrected chi connectivity index (χ2v) is 4.09. The van der Waals surface area contributed by atoms with Gasteiger partial charge < -0.3 is 11.1 Å². The zero-order valence-corrected chi connectivity index (χ0v) is 8.53. The standard InChI is InChI=1S/C8H14N6O/c1-8(4-9,5-2-3-5)10-7(15)6-11-13-14-12-6/h5H,2-4,9H2,1H3,(H,10,15)(H,11,12,13,14). The van der Waals surface area contributed by atoms with Gasteiger partial charge in [0.25, 0.3) is 11.7 Å². The van der Waals surface area contributed by atoms with Crippen LogP contribution in [0.5, 0.6) is 0 Å². The first-order valence-electron chi connectivity index (χ1n) is 4.92. The van der Waals surface area contributed by atoms with Gasteiger partial charge in [0.05, 0.1) is 5.54 Å². The molecule has 15 heavy (non-hydrogen) atoms. The lowest BCUT2D eigenvalue weighted by Gasteiger charge is -2.28. The van der Waals surface area contributed by atoms with Crippen LogP contribution in [0.2, 0.25) is 0 Å². The van der Waals surface area contributed by atoms with E-state index in [4.69, 9.17) is 5.73 Å². The highest BCUT2D eigenvalue weighted by Crippen LogP contribution is 2.38. The number of aromatic amines is 1. The van der Waals surface area contributed by atoms with E-state index in [1.165, 1.54) is 0 Å². The maximum atomic E-state index is 11.7. The van der Waals surface area contributed by atoms with E-state index in [0.29, 0.717) is 12.5 Å². The van der Waals surface area contributed by atoms with Gasteiger partial charge in [-0.1, -0.05) is 0 Å². The van der Waals surface area contributed by atoms with Crippen molar-refractivity contribution in [1.29, 1.82) is 0 Å². The van der Waals surface area contributed by atoms with E-state index >= 15 is 0 Å². The molecule has 2 rings (SSSR count). The number of amides is 1. The summed E-state index contributed by atoms with van der Waals surface area (Å²) in [4.78, 5) is 11.7. The van der Waals surface area contributed by atoms with Crippen molar-refractivity contribution in [3.63, 3.8) is 0 Å². The van der Waals surface area contributed by atoms with Crippen LogP contribution in [0.25, 0.3) is 0 Å². The van der Waals surface area contributed by atoms with Crippen molar-refractivity contribution in [3.05, 3.63) is 5.82 Å². The molecule has 1 aliphatic carbocycles. The van der Waals surface area contributed by atoms with Crippen LogP contribution in [-0.4, -0.2) is 38.6 Å². The highest BCUT2D eigenvalue weighted by Gasteiger charge is 2.42. The van der Waals surface area contributed by atoms with E-state index < -0.39 is 0 Å². The predicted molar refractivity (Wildman–Crippen MR) is 51.8 cm³/mol. The summed E-state index contributed by atoms with van der Waals surface area (Å²) < 4.78 is 0. The number of nitrogens with zero attached hydrogens (tertiary/aromatic N) is 3. The molecule has 1 heterocycles. The van der Waals surface area contributed by atoms with Crippen molar-refractivity contribution >= 4 is 5.91 Å². The molecule has 1 aliphatic rings. The molecule has 1 atom stereocenters. The third kappa shape index (κ3) is 1.96. The normalized spacial score (nSPS) is 19.6. The molecule has 0 bridgehead atoms. The monoisotopic (exact) mass is 210 g/mol. The first-order chi connectivity index (χ1) is 7.15. The van der Waals surface area contributed by atoms with Gasteiger partial charge in [-0.2, -0.15) is 5.21 Å². The molecule has 0 saturated heterocycles. The number of carbonyl (C=O) groups is 1. The van der Waals surface area contributed by atoms with Crippen molar-refractivity contribution in [1.82, 2.24) is 25.9 Å². The number of tetrazole rings is 1. The topological polar surface area (TPSA) is 110 Å². The Bertz CT molecular complexity index is 346. The van der Waals surface area contributed by atoms with Crippen LogP contribution in [0, 0.1) is 5.92 Å². The van der Waals surface area contributed by atoms with Gasteiger partial charge in [-0.05, 0) is 30.9 Å². The fraction of sp³-hybridized carbons (Fsp3) is 0.750. The van der Waals surface area contributed by atoms with E-state index in [-0.39, 0.29) is 17.3 Å². The summed E-state index contributed by atoms with van der Waals surface area (Å²) in [6.45, 7) is 2.36. The van der Waals surface area contributed by atoms with Crippen LogP contribution in [0.15, 0.2) is 0 Å². The predicted octanol–water partition coefficient (Wildman–Crippen LogP) is -0.943. The minimum Gasteiger partial charge on any atom is -0.342 e. The number of nitrogens with one attached hydrogen (secondary N) is 2. The number of aromatic nitrogens is 4. The number of nitrogens with two attached hydrogens (primary N) is 1. The lowest BCUT2D eigenvalue weighted by Crippen LogP contribution is -2.53. The number of H-pyrrole nitrogens is 1. The zero-order valence-electron chi connectivity index (χ0n) is 8.53. The lowest BCUT2D eigenvalue weighted by atomic mass is 9.96. The Balaban J connectivity index is 2.04. The summed E-state index contributed by atoms with van der Waals surface area (Å²) >= 11 is 0. The van der Waals surface area contributed by atoms with Gasteiger partial charge in [-0.25, -0.2) is 0 Å². The van der Waals surface area contributed by atoms with Crippen LogP contribution in [0.3, 0.4) is 0 Å². The molecule has 7 nitrogen and oxygen atoms in total. The van der Waals surface area contributed by atoms with E-state index in [1.54, 1.807) is 0 Å². The van der Waals surface area contributed by atoms with Gasteiger partial charge in [-0.15, -0.1) is 10.2 Å². The minimum absolute atomic E-state index is 0.0512. The van der Waals surface area contributed by atoms with Crippen LogP contribution < -0.4 is 11.1 Å². The molecular weight excluding hydrogens is 196 g/mol. The van der Waals surface area contributed by atoms with Crippen molar-refractivity contribution in [2.75, 3.05) is 6.54 Å². The summed E-state index contributed by atoms with van der Waals surface area (Å²) in [5.41, 5.74) is 5.32. The van der Waals surface area contributed by atoms with E-state index in [1.807, 2.05) is 6.92 Å². The molecule has 1 fully saturated rings. The van der Waals surface area contributed by atoms with Gasteiger partial charge in [0.2, 0.25) is 0 Å². The molecule has 1 aromatic rings. The highest BCUT2D eigenvalue weighted by atomic mass is 16.2. The molecule has 1 amide bonds. The quantitative estimate of drug-likeness (QED) is 0.594. The number of rotatable bonds is 4. The summed E-state index contributed by atoms with van der Waals surface area (Å²) in [6, 6.07) is 0. The highest BCUT2D eigenvalue weighted by molar-refractivity contribution is 5.90. The summed E-state index contributed by atoms with van der Waals surface area (Å²) in [5, 5.41) is 15.7. The van der Waals surface area contributed by atoms with Crippen molar-refractivity contribution < 1.29 is 4.79 Å². The average molecular weight is 210 g/mol. The van der Waals surface area contributed by atoms with Gasteiger partial charge in [0.15, 0.2) is 0 Å². The smallest absolute Gasteiger partial charge is 0.293 e. The van der Waals surface area contributed by atoms with Crippen LogP contribution in [0.1, 0.15) is 30.4 Å². The van der Waals surface area contributed by atoms with Gasteiger partial charge in [0.1, 0.15) is 0 Å². The number of hydrogen-bond acceptors (Lipinski definition) is 5. The fourth-order valence-corrected chi connectivity index (χ4v) is 1.61. The Labute approximate surface area is 86.8 Å².